The van der Waals surface area contributed by atoms with E-state index in [1.165, 1.54) is 0 Å². The molecular weight excluding hydrogens is 386 g/mol. The summed E-state index contributed by atoms with van der Waals surface area (Å²) in [5.41, 5.74) is 4.97. The van der Waals surface area contributed by atoms with Gasteiger partial charge in [-0.15, -0.1) is 0 Å². The molecule has 0 saturated heterocycles. The van der Waals surface area contributed by atoms with E-state index in [4.69, 9.17) is 16.3 Å². The number of halogens is 1. The van der Waals surface area contributed by atoms with E-state index < -0.39 is 18.0 Å². The van der Waals surface area contributed by atoms with Crippen molar-refractivity contribution in [2.24, 2.45) is 0 Å². The molecule has 1 aromatic carbocycles. The lowest BCUT2D eigenvalue weighted by atomic mass is 9.86. The lowest BCUT2D eigenvalue weighted by molar-refractivity contribution is -0.166. The Morgan fingerprint density at radius 1 is 1.07 bits per heavy atom. The standard InChI is InChI=1S/C24H30ClNO3/c1-14(2)20(22(23(27)28)29-24(5,6)7)21(17-9-11-18(25)12-10-17)19-13-8-15(3)26-16(19)4/h8-13,22-23,27-28H,1H2,2-7H3. The van der Waals surface area contributed by atoms with Crippen LogP contribution < -0.4 is 0 Å². The van der Waals surface area contributed by atoms with Crippen LogP contribution in [0.25, 0.3) is 5.57 Å². The summed E-state index contributed by atoms with van der Waals surface area (Å²) in [6, 6.07) is 11.3. The molecule has 1 unspecified atom stereocenters. The number of pyridine rings is 1. The summed E-state index contributed by atoms with van der Waals surface area (Å²) in [6.45, 7) is 15.4. The van der Waals surface area contributed by atoms with E-state index in [1.807, 2.05) is 65.8 Å². The highest BCUT2D eigenvalue weighted by Crippen LogP contribution is 2.36. The number of nitrogens with zero attached hydrogens (tertiary/aromatic N) is 1. The van der Waals surface area contributed by atoms with Gasteiger partial charge in [-0.05, 0) is 76.5 Å². The van der Waals surface area contributed by atoms with E-state index in [2.05, 4.69) is 11.6 Å². The summed E-state index contributed by atoms with van der Waals surface area (Å²) < 4.78 is 6.07. The average Bonchev–Trinajstić information content (AvgIpc) is 2.58. The van der Waals surface area contributed by atoms with Crippen LogP contribution in [0.2, 0.25) is 5.02 Å². The van der Waals surface area contributed by atoms with Gasteiger partial charge in [0, 0.05) is 22.0 Å². The Hall–Kier alpha value is -1.98. The summed E-state index contributed by atoms with van der Waals surface area (Å²) in [5, 5.41) is 21.0. The van der Waals surface area contributed by atoms with Crippen molar-refractivity contribution in [1.29, 1.82) is 0 Å². The third-order valence-electron chi connectivity index (χ3n) is 4.39. The summed E-state index contributed by atoms with van der Waals surface area (Å²) in [7, 11) is 0. The molecule has 0 radical (unpaired) electrons. The van der Waals surface area contributed by atoms with E-state index in [-0.39, 0.29) is 0 Å². The molecule has 0 aliphatic carbocycles. The summed E-state index contributed by atoms with van der Waals surface area (Å²) in [5.74, 6) is 0. The van der Waals surface area contributed by atoms with Gasteiger partial charge >= 0.3 is 0 Å². The van der Waals surface area contributed by atoms with Crippen LogP contribution in [0.3, 0.4) is 0 Å². The monoisotopic (exact) mass is 415 g/mol. The molecule has 1 aromatic heterocycles. The number of ether oxygens (including phenoxy) is 1. The molecule has 0 fully saturated rings. The van der Waals surface area contributed by atoms with Crippen LogP contribution in [0.4, 0.5) is 0 Å². The molecule has 5 heteroatoms. The number of rotatable bonds is 6. The predicted octanol–water partition coefficient (Wildman–Crippen LogP) is 5.22. The average molecular weight is 416 g/mol. The predicted molar refractivity (Wildman–Crippen MR) is 119 cm³/mol. The number of benzene rings is 1. The molecule has 4 nitrogen and oxygen atoms in total. The van der Waals surface area contributed by atoms with Crippen LogP contribution in [0, 0.1) is 13.8 Å². The Balaban J connectivity index is 2.89. The van der Waals surface area contributed by atoms with Gasteiger partial charge < -0.3 is 14.9 Å². The molecule has 1 atom stereocenters. The lowest BCUT2D eigenvalue weighted by Crippen LogP contribution is -2.38. The van der Waals surface area contributed by atoms with Crippen molar-refractivity contribution in [3.8, 4) is 0 Å². The first-order valence-electron chi connectivity index (χ1n) is 9.55. The second-order valence-electron chi connectivity index (χ2n) is 8.23. The van der Waals surface area contributed by atoms with Crippen LogP contribution in [-0.4, -0.2) is 33.2 Å². The third-order valence-corrected chi connectivity index (χ3v) is 4.64. The van der Waals surface area contributed by atoms with Gasteiger partial charge in [0.1, 0.15) is 6.10 Å². The number of hydrogen-bond donors (Lipinski definition) is 2. The van der Waals surface area contributed by atoms with Gasteiger partial charge in [0.25, 0.3) is 0 Å². The first-order valence-corrected chi connectivity index (χ1v) is 9.93. The van der Waals surface area contributed by atoms with Crippen molar-refractivity contribution < 1.29 is 14.9 Å². The lowest BCUT2D eigenvalue weighted by Gasteiger charge is -2.32. The van der Waals surface area contributed by atoms with Gasteiger partial charge in [0.05, 0.1) is 5.60 Å². The minimum absolute atomic E-state index is 0.596. The Bertz CT molecular complexity index is 909. The van der Waals surface area contributed by atoms with Crippen LogP contribution in [0.15, 0.2) is 54.1 Å². The van der Waals surface area contributed by atoms with Crippen LogP contribution in [-0.2, 0) is 4.74 Å². The number of aromatic nitrogens is 1. The van der Waals surface area contributed by atoms with Gasteiger partial charge in [-0.1, -0.05) is 42.0 Å². The number of aliphatic hydroxyl groups excluding tert-OH is 1. The van der Waals surface area contributed by atoms with Crippen molar-refractivity contribution in [1.82, 2.24) is 4.98 Å². The van der Waals surface area contributed by atoms with E-state index in [0.717, 1.165) is 28.1 Å². The van der Waals surface area contributed by atoms with Crippen molar-refractivity contribution in [2.75, 3.05) is 0 Å². The SMILES string of the molecule is C=C(C)C(=C(c1ccc(Cl)cc1)c1ccc(C)nc1C)C(OC(C)(C)C)C(O)O. The molecule has 0 spiro atoms. The molecule has 29 heavy (non-hydrogen) atoms. The second-order valence-corrected chi connectivity index (χ2v) is 8.66. The van der Waals surface area contributed by atoms with Gasteiger partial charge in [-0.3, -0.25) is 4.98 Å². The molecular formula is C24H30ClNO3. The first kappa shape index (κ1) is 23.3. The van der Waals surface area contributed by atoms with Crippen LogP contribution in [0.1, 0.15) is 50.2 Å². The molecule has 0 saturated carbocycles. The highest BCUT2D eigenvalue weighted by atomic mass is 35.5. The Kier molecular flexibility index (Phi) is 7.41. The molecule has 0 aliphatic heterocycles. The van der Waals surface area contributed by atoms with E-state index >= 15 is 0 Å². The van der Waals surface area contributed by atoms with Crippen molar-refractivity contribution in [3.63, 3.8) is 0 Å². The smallest absolute Gasteiger partial charge is 0.182 e. The number of aryl methyl sites for hydroxylation is 2. The molecule has 2 N–H and O–H groups in total. The summed E-state index contributed by atoms with van der Waals surface area (Å²) in [4.78, 5) is 4.60. The van der Waals surface area contributed by atoms with E-state index in [0.29, 0.717) is 16.2 Å². The Labute approximate surface area is 178 Å². The minimum atomic E-state index is -1.72. The Morgan fingerprint density at radius 2 is 1.66 bits per heavy atom. The van der Waals surface area contributed by atoms with E-state index in [9.17, 15) is 10.2 Å². The maximum Gasteiger partial charge on any atom is 0.182 e. The highest BCUT2D eigenvalue weighted by molar-refractivity contribution is 6.30. The molecule has 0 aliphatic rings. The number of aliphatic hydroxyl groups is 2. The summed E-state index contributed by atoms with van der Waals surface area (Å²) >= 11 is 6.11. The van der Waals surface area contributed by atoms with Crippen molar-refractivity contribution >= 4 is 17.2 Å². The quantitative estimate of drug-likeness (QED) is 0.501. The summed E-state index contributed by atoms with van der Waals surface area (Å²) in [6.07, 6.45) is -2.71. The third kappa shape index (κ3) is 6.00. The zero-order valence-electron chi connectivity index (χ0n) is 18.0. The molecule has 2 aromatic rings. The van der Waals surface area contributed by atoms with Crippen molar-refractivity contribution in [3.05, 3.63) is 81.7 Å². The normalized spacial score (nSPS) is 14.0. The van der Waals surface area contributed by atoms with Gasteiger partial charge in [-0.2, -0.15) is 0 Å². The largest absolute Gasteiger partial charge is 0.366 e. The highest BCUT2D eigenvalue weighted by Gasteiger charge is 2.31. The van der Waals surface area contributed by atoms with Gasteiger partial charge in [-0.25, -0.2) is 0 Å². The van der Waals surface area contributed by atoms with Crippen LogP contribution in [0.5, 0.6) is 0 Å². The fourth-order valence-corrected chi connectivity index (χ4v) is 3.40. The van der Waals surface area contributed by atoms with Gasteiger partial charge in [0.2, 0.25) is 0 Å². The maximum absolute atomic E-state index is 10.2. The topological polar surface area (TPSA) is 62.6 Å². The molecule has 0 amide bonds. The maximum atomic E-state index is 10.2. The fraction of sp³-hybridized carbons (Fsp3) is 0.375. The Morgan fingerprint density at radius 3 is 2.10 bits per heavy atom. The molecule has 2 rings (SSSR count). The fourth-order valence-electron chi connectivity index (χ4n) is 3.27. The van der Waals surface area contributed by atoms with E-state index in [1.54, 1.807) is 12.1 Å². The molecule has 0 bridgehead atoms. The number of hydrogen-bond acceptors (Lipinski definition) is 4. The van der Waals surface area contributed by atoms with Crippen LogP contribution >= 0.6 is 11.6 Å². The van der Waals surface area contributed by atoms with Crippen molar-refractivity contribution in [2.45, 2.75) is 59.5 Å². The van der Waals surface area contributed by atoms with Gasteiger partial charge in [0.15, 0.2) is 6.29 Å². The zero-order chi connectivity index (χ0) is 21.9. The molecule has 156 valence electrons. The molecule has 1 heterocycles. The minimum Gasteiger partial charge on any atom is -0.366 e. The zero-order valence-corrected chi connectivity index (χ0v) is 18.7. The first-order chi connectivity index (χ1) is 13.4. The second kappa shape index (κ2) is 9.23.